The molecule has 5 heterocycles. The van der Waals surface area contributed by atoms with Gasteiger partial charge in [-0.3, -0.25) is 24.6 Å². The third-order valence-corrected chi connectivity index (χ3v) is 13.4. The molecule has 1 aliphatic carbocycles. The molecule has 3 amide bonds. The normalized spacial score (nSPS) is 18.4. The third kappa shape index (κ3) is 11.9. The molecule has 3 unspecified atom stereocenters. The van der Waals surface area contributed by atoms with Crippen molar-refractivity contribution in [2.24, 2.45) is 5.16 Å². The number of benzene rings is 1. The fourth-order valence-corrected chi connectivity index (χ4v) is 9.59. The van der Waals surface area contributed by atoms with E-state index in [-0.39, 0.29) is 45.7 Å². The number of rotatable bonds is 17. The summed E-state index contributed by atoms with van der Waals surface area (Å²) in [5, 5.41) is 12.0. The molecule has 3 atom stereocenters. The third-order valence-electron chi connectivity index (χ3n) is 10.9. The second-order valence-corrected chi connectivity index (χ2v) is 21.3. The molecule has 0 spiro atoms. The van der Waals surface area contributed by atoms with Crippen LogP contribution < -0.4 is 25.3 Å². The van der Waals surface area contributed by atoms with Gasteiger partial charge in [0, 0.05) is 36.2 Å². The predicted molar refractivity (Wildman–Crippen MR) is 253 cm³/mol. The summed E-state index contributed by atoms with van der Waals surface area (Å²) in [7, 11) is 3.29. The van der Waals surface area contributed by atoms with E-state index in [4.69, 9.17) is 35.4 Å². The van der Waals surface area contributed by atoms with Crippen molar-refractivity contribution >= 4 is 86.4 Å². The van der Waals surface area contributed by atoms with Crippen LogP contribution >= 0.6 is 34.7 Å². The van der Waals surface area contributed by atoms with Crippen LogP contribution in [-0.4, -0.2) is 104 Å². The Bertz CT molecular complexity index is 2610. The highest BCUT2D eigenvalue weighted by molar-refractivity contribution is 8.00. The van der Waals surface area contributed by atoms with Crippen LogP contribution in [0.5, 0.6) is 5.75 Å². The summed E-state index contributed by atoms with van der Waals surface area (Å²) in [6, 6.07) is 11.4. The smallest absolute Gasteiger partial charge is 0.413 e. The van der Waals surface area contributed by atoms with Crippen LogP contribution in [0.3, 0.4) is 0 Å². The number of amides is 3. The number of esters is 2. The number of likely N-dealkylation sites (N-methyl/N-ethyl adjacent to an activating group) is 1. The van der Waals surface area contributed by atoms with Gasteiger partial charge in [-0.05, 0) is 98.5 Å². The lowest BCUT2D eigenvalue weighted by Crippen LogP contribution is -2.71. The summed E-state index contributed by atoms with van der Waals surface area (Å²) in [6.07, 6.45) is 5.00. The van der Waals surface area contributed by atoms with E-state index in [1.807, 2.05) is 62.9 Å². The van der Waals surface area contributed by atoms with Gasteiger partial charge in [-0.25, -0.2) is 14.6 Å². The molecular weight excluding hydrogens is 924 g/mol. The summed E-state index contributed by atoms with van der Waals surface area (Å²) in [4.78, 5) is 79.7. The minimum Gasteiger partial charge on any atom is -0.497 e. The second kappa shape index (κ2) is 19.9. The van der Waals surface area contributed by atoms with Gasteiger partial charge in [0.15, 0.2) is 23.6 Å². The highest BCUT2D eigenvalue weighted by Crippen LogP contribution is 2.42. The fourth-order valence-electron chi connectivity index (χ4n) is 7.22. The van der Waals surface area contributed by atoms with Crippen molar-refractivity contribution in [3.05, 3.63) is 81.7 Å². The number of aromatic nitrogens is 3. The van der Waals surface area contributed by atoms with Gasteiger partial charge < -0.3 is 39.0 Å². The van der Waals surface area contributed by atoms with Gasteiger partial charge in [-0.2, -0.15) is 4.57 Å². The molecule has 2 fully saturated rings. The first-order valence-corrected chi connectivity index (χ1v) is 24.0. The van der Waals surface area contributed by atoms with Crippen molar-refractivity contribution in [2.75, 3.05) is 25.2 Å². The number of pyridine rings is 1. The number of aryl methyl sites for hydroxylation is 1. The van der Waals surface area contributed by atoms with E-state index >= 15 is 0 Å². The minimum atomic E-state index is -1.07. The number of fused-ring (bicyclic) bond motifs is 2. The number of hydrogen-bond acceptors (Lipinski definition) is 15. The van der Waals surface area contributed by atoms with Crippen molar-refractivity contribution in [3.63, 3.8) is 0 Å². The van der Waals surface area contributed by atoms with E-state index in [2.05, 4.69) is 30.7 Å². The van der Waals surface area contributed by atoms with Crippen LogP contribution in [0.25, 0.3) is 11.0 Å². The molecule has 0 radical (unpaired) electrons. The first kappa shape index (κ1) is 49.2. The van der Waals surface area contributed by atoms with E-state index in [9.17, 15) is 24.0 Å². The number of oxime groups is 1. The van der Waals surface area contributed by atoms with Gasteiger partial charge in [0.05, 0.1) is 7.11 Å². The lowest BCUT2D eigenvalue weighted by Gasteiger charge is -2.49. The summed E-state index contributed by atoms with van der Waals surface area (Å²) in [5.74, 6) is -1.40. The molecule has 21 heteroatoms. The highest BCUT2D eigenvalue weighted by atomic mass is 35.5. The number of carbonyl (C=O) groups excluding carboxylic acids is 5. The number of carbonyl (C=O) groups is 5. The number of anilines is 1. The second-order valence-electron chi connectivity index (χ2n) is 18.6. The van der Waals surface area contributed by atoms with Crippen molar-refractivity contribution in [3.8, 4) is 5.75 Å². The Morgan fingerprint density at radius 2 is 1.76 bits per heavy atom. The Kier molecular flexibility index (Phi) is 14.6. The van der Waals surface area contributed by atoms with E-state index < -0.39 is 58.1 Å². The molecule has 1 saturated carbocycles. The zero-order chi connectivity index (χ0) is 48.4. The van der Waals surface area contributed by atoms with Crippen molar-refractivity contribution < 1.29 is 52.3 Å². The molecule has 1 aromatic carbocycles. The minimum absolute atomic E-state index is 0.0402. The molecule has 67 heavy (non-hydrogen) atoms. The maximum absolute atomic E-state index is 14.3. The quantitative estimate of drug-likeness (QED) is 0.0274. The summed E-state index contributed by atoms with van der Waals surface area (Å²) < 4.78 is 26.2. The molecule has 7 rings (SSSR count). The molecule has 0 bridgehead atoms. The monoisotopic (exact) mass is 979 g/mol. The Labute approximate surface area is 401 Å². The van der Waals surface area contributed by atoms with Gasteiger partial charge in [0.25, 0.3) is 11.8 Å². The van der Waals surface area contributed by atoms with Crippen LogP contribution in [0.1, 0.15) is 79.0 Å². The Morgan fingerprint density at radius 1 is 1.04 bits per heavy atom. The molecule has 18 nitrogen and oxygen atoms in total. The van der Waals surface area contributed by atoms with E-state index in [0.717, 1.165) is 22.4 Å². The Morgan fingerprint density at radius 3 is 2.42 bits per heavy atom. The molecule has 2 aliphatic heterocycles. The van der Waals surface area contributed by atoms with Gasteiger partial charge in [0.2, 0.25) is 5.52 Å². The van der Waals surface area contributed by atoms with Crippen LogP contribution in [0.4, 0.5) is 9.93 Å². The summed E-state index contributed by atoms with van der Waals surface area (Å²) >= 11 is 8.89. The van der Waals surface area contributed by atoms with Crippen molar-refractivity contribution in [2.45, 2.75) is 122 Å². The molecular formula is C46H56ClN8O10S2+. The molecule has 4 aromatic rings. The van der Waals surface area contributed by atoms with E-state index in [1.54, 1.807) is 59.2 Å². The molecule has 3 aliphatic rings. The zero-order valence-corrected chi connectivity index (χ0v) is 41.3. The summed E-state index contributed by atoms with van der Waals surface area (Å²) in [6.45, 7) is 13.2. The SMILES string of the molecule is CNC(CCn1ccc2c1ccc[n+]2CC1=C(C(=O)OCc2ccc(OC)cc2)N2C(=O)C(NC(=O)/C(=N\OC3(C)CC3)c3nc(NC(=O)OC(C)(C)C)sc3Cl)C2SC1)C(=O)OC(C)(C)C. The fraction of sp³-hybridized carbons (Fsp3) is 0.478. The number of methoxy groups -OCH3 is 1. The Balaban J connectivity index is 1.13. The van der Waals surface area contributed by atoms with Crippen LogP contribution in [0.2, 0.25) is 4.34 Å². The Hall–Kier alpha value is -5.70. The van der Waals surface area contributed by atoms with Gasteiger partial charge >= 0.3 is 18.0 Å². The van der Waals surface area contributed by atoms with Gasteiger partial charge in [0.1, 0.15) is 67.9 Å². The maximum Gasteiger partial charge on any atom is 0.413 e. The molecule has 358 valence electrons. The standard InChI is InChI=1S/C46H55ClN8O10S2/c1-44(2,3)63-40(58)29(48-8)16-21-53-22-17-31-30(53)11-10-20-54(31)23-27-25-66-39-34(38(57)55(39)35(27)41(59)62-24-26-12-14-28(61-9)15-13-26)49-37(56)33(52-65-46(7)18-19-46)32-36(47)67-42(50-32)51-43(60)64-45(4,5)6/h10-15,17,20,22,29,34,39,48H,16,18-19,21,23-25H2,1-9H3,(H-,49,50,51,56,60)/p+1/b52-33-. The number of thiazole rings is 1. The number of β-lactam (4-membered cyclic amide) rings is 1. The lowest BCUT2D eigenvalue weighted by atomic mass is 10.0. The molecule has 3 aromatic heterocycles. The van der Waals surface area contributed by atoms with Gasteiger partial charge in [-0.1, -0.05) is 40.2 Å². The average molecular weight is 981 g/mol. The van der Waals surface area contributed by atoms with Crippen LogP contribution in [0, 0.1) is 0 Å². The highest BCUT2D eigenvalue weighted by Gasteiger charge is 2.55. The molecule has 3 N–H and O–H groups in total. The van der Waals surface area contributed by atoms with Gasteiger partial charge in [-0.15, -0.1) is 11.8 Å². The zero-order valence-electron chi connectivity index (χ0n) is 38.9. The summed E-state index contributed by atoms with van der Waals surface area (Å²) in [5.41, 5.74) is 0.872. The average Bonchev–Trinajstić information content (AvgIpc) is 3.68. The first-order chi connectivity index (χ1) is 31.7. The molecule has 1 saturated heterocycles. The first-order valence-electron chi connectivity index (χ1n) is 21.7. The number of hydrogen-bond donors (Lipinski definition) is 3. The number of thioether (sulfide) groups is 1. The number of ether oxygens (including phenoxy) is 4. The van der Waals surface area contributed by atoms with Crippen LogP contribution in [0.15, 0.2) is 71.3 Å². The number of halogens is 1. The van der Waals surface area contributed by atoms with Crippen molar-refractivity contribution in [1.29, 1.82) is 0 Å². The number of nitrogens with one attached hydrogen (secondary N) is 3. The predicted octanol–water partition coefficient (Wildman–Crippen LogP) is 6.08. The maximum atomic E-state index is 14.3. The topological polar surface area (TPSA) is 205 Å². The lowest BCUT2D eigenvalue weighted by molar-refractivity contribution is -0.663. The van der Waals surface area contributed by atoms with E-state index in [0.29, 0.717) is 48.4 Å². The van der Waals surface area contributed by atoms with Crippen LogP contribution in [-0.2, 0) is 57.9 Å². The van der Waals surface area contributed by atoms with E-state index in [1.165, 1.54) is 16.7 Å². The van der Waals surface area contributed by atoms with Crippen molar-refractivity contribution in [1.82, 2.24) is 25.1 Å². The number of nitrogens with zero attached hydrogens (tertiary/aromatic N) is 5. The largest absolute Gasteiger partial charge is 0.497 e.